The van der Waals surface area contributed by atoms with Crippen LogP contribution in [0.25, 0.3) is 0 Å². The fraction of sp³-hybridized carbons (Fsp3) is 0.500. The van der Waals surface area contributed by atoms with Gasteiger partial charge in [-0.15, -0.1) is 0 Å². The van der Waals surface area contributed by atoms with Crippen molar-refractivity contribution in [2.24, 2.45) is 0 Å². The molecule has 2 rings (SSSR count). The Bertz CT molecular complexity index is 399. The number of rotatable bonds is 4. The summed E-state index contributed by atoms with van der Waals surface area (Å²) in [4.78, 5) is 0. The molecule has 0 spiro atoms. The minimum absolute atomic E-state index is 0.00654. The van der Waals surface area contributed by atoms with Crippen molar-refractivity contribution in [1.82, 2.24) is 5.32 Å². The van der Waals surface area contributed by atoms with Crippen molar-refractivity contribution < 1.29 is 4.74 Å². The molecule has 1 unspecified atom stereocenters. The molecular formula is C14H18N2O. The summed E-state index contributed by atoms with van der Waals surface area (Å²) in [5.74, 6) is 0. The van der Waals surface area contributed by atoms with Gasteiger partial charge in [0.25, 0.3) is 0 Å². The van der Waals surface area contributed by atoms with Gasteiger partial charge in [-0.25, -0.2) is 0 Å². The Balaban J connectivity index is 1.80. The molecule has 0 saturated carbocycles. The van der Waals surface area contributed by atoms with Gasteiger partial charge >= 0.3 is 0 Å². The lowest BCUT2D eigenvalue weighted by Crippen LogP contribution is -2.36. The van der Waals surface area contributed by atoms with Crippen molar-refractivity contribution in [2.45, 2.75) is 31.9 Å². The zero-order valence-corrected chi connectivity index (χ0v) is 10.2. The number of hydrogen-bond acceptors (Lipinski definition) is 3. The number of ether oxygens (including phenoxy) is 1. The van der Waals surface area contributed by atoms with Crippen molar-refractivity contribution in [1.29, 1.82) is 5.26 Å². The number of nitriles is 1. The zero-order chi connectivity index (χ0) is 12.1. The van der Waals surface area contributed by atoms with Crippen molar-refractivity contribution in [3.8, 4) is 6.07 Å². The van der Waals surface area contributed by atoms with Crippen molar-refractivity contribution >= 4 is 0 Å². The van der Waals surface area contributed by atoms with Crippen LogP contribution in [0, 0.1) is 11.3 Å². The van der Waals surface area contributed by atoms with Gasteiger partial charge in [-0.3, -0.25) is 0 Å². The molecule has 0 radical (unpaired) electrons. The summed E-state index contributed by atoms with van der Waals surface area (Å²) in [6.45, 7) is 4.75. The summed E-state index contributed by atoms with van der Waals surface area (Å²) in [5.41, 5.74) is 1.91. The van der Waals surface area contributed by atoms with E-state index in [2.05, 4.69) is 18.3 Å². The number of hydrogen-bond donors (Lipinski definition) is 1. The first-order valence-electron chi connectivity index (χ1n) is 6.06. The van der Waals surface area contributed by atoms with Crippen LogP contribution in [0.4, 0.5) is 0 Å². The number of benzene rings is 1. The predicted molar refractivity (Wildman–Crippen MR) is 66.5 cm³/mol. The molecule has 1 aromatic carbocycles. The Kier molecular flexibility index (Phi) is 3.78. The lowest BCUT2D eigenvalue weighted by molar-refractivity contribution is 0.0207. The monoisotopic (exact) mass is 230 g/mol. The first kappa shape index (κ1) is 12.1. The molecule has 90 valence electrons. The first-order valence-corrected chi connectivity index (χ1v) is 6.06. The second kappa shape index (κ2) is 5.31. The van der Waals surface area contributed by atoms with Crippen LogP contribution in [0.15, 0.2) is 24.3 Å². The summed E-state index contributed by atoms with van der Waals surface area (Å²) in [5, 5.41) is 12.1. The van der Waals surface area contributed by atoms with E-state index in [1.807, 2.05) is 24.3 Å². The second-order valence-electron chi connectivity index (χ2n) is 4.81. The summed E-state index contributed by atoms with van der Waals surface area (Å²) < 4.78 is 5.71. The second-order valence-corrected chi connectivity index (χ2v) is 4.81. The fourth-order valence-corrected chi connectivity index (χ4v) is 2.14. The molecule has 1 N–H and O–H groups in total. The van der Waals surface area contributed by atoms with Crippen LogP contribution in [0.5, 0.6) is 0 Å². The smallest absolute Gasteiger partial charge is 0.0991 e. The third-order valence-electron chi connectivity index (χ3n) is 3.21. The van der Waals surface area contributed by atoms with Gasteiger partial charge in [-0.2, -0.15) is 5.26 Å². The average molecular weight is 230 g/mol. The molecule has 1 fully saturated rings. The molecule has 3 heteroatoms. The Hall–Kier alpha value is -1.37. The van der Waals surface area contributed by atoms with Crippen LogP contribution < -0.4 is 5.32 Å². The lowest BCUT2D eigenvalue weighted by Gasteiger charge is -2.23. The molecule has 1 saturated heterocycles. The Morgan fingerprint density at radius 3 is 2.76 bits per heavy atom. The Labute approximate surface area is 102 Å². The van der Waals surface area contributed by atoms with E-state index in [9.17, 15) is 0 Å². The van der Waals surface area contributed by atoms with Gasteiger partial charge in [0.2, 0.25) is 0 Å². The highest BCUT2D eigenvalue weighted by molar-refractivity contribution is 5.31. The average Bonchev–Trinajstić information content (AvgIpc) is 2.77. The maximum atomic E-state index is 8.70. The van der Waals surface area contributed by atoms with Gasteiger partial charge in [0.15, 0.2) is 0 Å². The highest BCUT2D eigenvalue weighted by atomic mass is 16.5. The van der Waals surface area contributed by atoms with E-state index >= 15 is 0 Å². The summed E-state index contributed by atoms with van der Waals surface area (Å²) in [7, 11) is 0. The first-order chi connectivity index (χ1) is 8.22. The molecule has 17 heavy (non-hydrogen) atoms. The SMILES string of the molecule is CC1(CNCc2ccc(C#N)cc2)CCCO1. The van der Waals surface area contributed by atoms with Crippen molar-refractivity contribution in [3.05, 3.63) is 35.4 Å². The van der Waals surface area contributed by atoms with Crippen molar-refractivity contribution in [3.63, 3.8) is 0 Å². The Morgan fingerprint density at radius 1 is 1.41 bits per heavy atom. The van der Waals surface area contributed by atoms with Crippen LogP contribution >= 0.6 is 0 Å². The van der Waals surface area contributed by atoms with E-state index in [-0.39, 0.29) is 5.60 Å². The third-order valence-corrected chi connectivity index (χ3v) is 3.21. The van der Waals surface area contributed by atoms with E-state index in [0.29, 0.717) is 5.56 Å². The normalized spacial score (nSPS) is 23.5. The van der Waals surface area contributed by atoms with Crippen molar-refractivity contribution in [2.75, 3.05) is 13.2 Å². The van der Waals surface area contributed by atoms with Crippen LogP contribution in [0.2, 0.25) is 0 Å². The van der Waals surface area contributed by atoms with E-state index in [1.54, 1.807) is 0 Å². The van der Waals surface area contributed by atoms with Gasteiger partial charge in [0.05, 0.1) is 17.2 Å². The maximum Gasteiger partial charge on any atom is 0.0991 e. The van der Waals surface area contributed by atoms with E-state index < -0.39 is 0 Å². The largest absolute Gasteiger partial charge is 0.374 e. The van der Waals surface area contributed by atoms with E-state index in [4.69, 9.17) is 10.00 Å². The quantitative estimate of drug-likeness (QED) is 0.862. The maximum absolute atomic E-state index is 8.70. The van der Waals surface area contributed by atoms with Crippen LogP contribution in [-0.4, -0.2) is 18.8 Å². The van der Waals surface area contributed by atoms with Gasteiger partial charge in [0, 0.05) is 19.7 Å². The Morgan fingerprint density at radius 2 is 2.18 bits per heavy atom. The minimum atomic E-state index is 0.00654. The number of nitrogens with zero attached hydrogens (tertiary/aromatic N) is 1. The molecule has 3 nitrogen and oxygen atoms in total. The molecule has 1 aliphatic rings. The fourth-order valence-electron chi connectivity index (χ4n) is 2.14. The van der Waals surface area contributed by atoms with Crippen LogP contribution in [-0.2, 0) is 11.3 Å². The molecule has 1 atom stereocenters. The minimum Gasteiger partial charge on any atom is -0.374 e. The lowest BCUT2D eigenvalue weighted by atomic mass is 10.0. The van der Waals surface area contributed by atoms with E-state index in [1.165, 1.54) is 5.56 Å². The predicted octanol–water partition coefficient (Wildman–Crippen LogP) is 2.22. The van der Waals surface area contributed by atoms with E-state index in [0.717, 1.165) is 32.5 Å². The van der Waals surface area contributed by atoms with Crippen LogP contribution in [0.1, 0.15) is 30.9 Å². The summed E-state index contributed by atoms with van der Waals surface area (Å²) in [6, 6.07) is 9.80. The number of nitrogens with one attached hydrogen (secondary N) is 1. The standard InChI is InChI=1S/C14H18N2O/c1-14(7-2-8-17-14)11-16-10-13-5-3-12(9-15)4-6-13/h3-6,16H,2,7-8,10-11H2,1H3. The molecule has 0 amide bonds. The molecule has 0 aromatic heterocycles. The molecule has 1 heterocycles. The highest BCUT2D eigenvalue weighted by Crippen LogP contribution is 2.23. The molecule has 0 bridgehead atoms. The van der Waals surface area contributed by atoms with Gasteiger partial charge in [-0.05, 0) is 37.5 Å². The van der Waals surface area contributed by atoms with Gasteiger partial charge < -0.3 is 10.1 Å². The zero-order valence-electron chi connectivity index (χ0n) is 10.2. The van der Waals surface area contributed by atoms with Gasteiger partial charge in [-0.1, -0.05) is 12.1 Å². The summed E-state index contributed by atoms with van der Waals surface area (Å²) in [6.07, 6.45) is 2.29. The molecular weight excluding hydrogens is 212 g/mol. The third kappa shape index (κ3) is 3.29. The molecule has 1 aliphatic heterocycles. The highest BCUT2D eigenvalue weighted by Gasteiger charge is 2.28. The summed E-state index contributed by atoms with van der Waals surface area (Å²) >= 11 is 0. The molecule has 1 aromatic rings. The van der Waals surface area contributed by atoms with Gasteiger partial charge in [0.1, 0.15) is 0 Å². The van der Waals surface area contributed by atoms with Crippen LogP contribution in [0.3, 0.4) is 0 Å². The topological polar surface area (TPSA) is 45.0 Å². The molecule has 0 aliphatic carbocycles.